The molecule has 0 aliphatic carbocycles. The van der Waals surface area contributed by atoms with E-state index in [9.17, 15) is 22.8 Å². The number of carbonyl (C=O) groups is 2. The van der Waals surface area contributed by atoms with Crippen LogP contribution in [0.4, 0.5) is 13.2 Å². The van der Waals surface area contributed by atoms with E-state index in [1.54, 1.807) is 0 Å². The quantitative estimate of drug-likeness (QED) is 0.447. The van der Waals surface area contributed by atoms with E-state index in [4.69, 9.17) is 0 Å². The van der Waals surface area contributed by atoms with Crippen LogP contribution in [0, 0.1) is 0 Å². The highest BCUT2D eigenvalue weighted by Gasteiger charge is 2.31. The first kappa shape index (κ1) is 12.2. The average molecular weight is 232 g/mol. The molecule has 0 N–H and O–H groups in total. The van der Waals surface area contributed by atoms with Crippen LogP contribution in [-0.4, -0.2) is 12.3 Å². The number of carbonyl (C=O) groups excluding carboxylic acids is 2. The maximum absolute atomic E-state index is 12.3. The molecule has 86 valence electrons. The summed E-state index contributed by atoms with van der Waals surface area (Å²) in [4.78, 5) is 21.1. The molecule has 0 unspecified atom stereocenters. The van der Waals surface area contributed by atoms with Crippen molar-refractivity contribution in [1.82, 2.24) is 0 Å². The SMILES string of the molecule is CC(=O)Oc1ccc(C(F)(F)F)cc1C=O. The number of hydrogen-bond donors (Lipinski definition) is 0. The summed E-state index contributed by atoms with van der Waals surface area (Å²) in [5.74, 6) is -0.890. The summed E-state index contributed by atoms with van der Waals surface area (Å²) in [6.45, 7) is 1.09. The molecule has 0 aromatic heterocycles. The van der Waals surface area contributed by atoms with Crippen LogP contribution in [0.1, 0.15) is 22.8 Å². The number of halogens is 3. The molecule has 1 rings (SSSR count). The van der Waals surface area contributed by atoms with Gasteiger partial charge in [0.15, 0.2) is 6.29 Å². The lowest BCUT2D eigenvalue weighted by Crippen LogP contribution is -2.08. The van der Waals surface area contributed by atoms with Crippen LogP contribution < -0.4 is 4.74 Å². The van der Waals surface area contributed by atoms with E-state index in [-0.39, 0.29) is 17.6 Å². The molecule has 0 bridgehead atoms. The average Bonchev–Trinajstić information content (AvgIpc) is 2.15. The van der Waals surface area contributed by atoms with E-state index in [0.29, 0.717) is 6.07 Å². The van der Waals surface area contributed by atoms with Crippen LogP contribution in [0.15, 0.2) is 18.2 Å². The van der Waals surface area contributed by atoms with Gasteiger partial charge in [0.25, 0.3) is 0 Å². The predicted octanol–water partition coefficient (Wildman–Crippen LogP) is 2.44. The molecule has 6 heteroatoms. The molecule has 1 aromatic carbocycles. The van der Waals surface area contributed by atoms with Crippen molar-refractivity contribution >= 4 is 12.3 Å². The molecule has 0 amide bonds. The van der Waals surface area contributed by atoms with Crippen LogP contribution in [0.5, 0.6) is 5.75 Å². The highest BCUT2D eigenvalue weighted by molar-refractivity contribution is 5.82. The Labute approximate surface area is 88.8 Å². The fourth-order valence-electron chi connectivity index (χ4n) is 1.06. The standard InChI is InChI=1S/C10H7F3O3/c1-6(15)16-9-3-2-8(10(11,12)13)4-7(9)5-14/h2-5H,1H3. The van der Waals surface area contributed by atoms with E-state index in [0.717, 1.165) is 19.1 Å². The van der Waals surface area contributed by atoms with Crippen molar-refractivity contribution in [3.05, 3.63) is 29.3 Å². The van der Waals surface area contributed by atoms with Gasteiger partial charge in [0.05, 0.1) is 11.1 Å². The molecule has 0 saturated heterocycles. The van der Waals surface area contributed by atoms with Crippen molar-refractivity contribution in [1.29, 1.82) is 0 Å². The van der Waals surface area contributed by atoms with Crippen LogP contribution in [0.2, 0.25) is 0 Å². The second-order valence-electron chi connectivity index (χ2n) is 2.96. The van der Waals surface area contributed by atoms with Gasteiger partial charge in [0, 0.05) is 6.92 Å². The van der Waals surface area contributed by atoms with E-state index < -0.39 is 17.7 Å². The van der Waals surface area contributed by atoms with Gasteiger partial charge in [0.1, 0.15) is 5.75 Å². The minimum absolute atomic E-state index is 0.185. The normalized spacial score (nSPS) is 11.0. The number of benzene rings is 1. The van der Waals surface area contributed by atoms with Gasteiger partial charge in [0.2, 0.25) is 0 Å². The fourth-order valence-corrected chi connectivity index (χ4v) is 1.06. The summed E-state index contributed by atoms with van der Waals surface area (Å²) in [7, 11) is 0. The van der Waals surface area contributed by atoms with Crippen molar-refractivity contribution in [3.8, 4) is 5.75 Å². The van der Waals surface area contributed by atoms with Gasteiger partial charge < -0.3 is 4.74 Å². The maximum atomic E-state index is 12.3. The lowest BCUT2D eigenvalue weighted by molar-refractivity contribution is -0.137. The number of rotatable bonds is 2. The highest BCUT2D eigenvalue weighted by Crippen LogP contribution is 2.32. The Morgan fingerprint density at radius 3 is 2.44 bits per heavy atom. The Morgan fingerprint density at radius 2 is 2.00 bits per heavy atom. The number of aldehydes is 1. The lowest BCUT2D eigenvalue weighted by atomic mass is 10.1. The fraction of sp³-hybridized carbons (Fsp3) is 0.200. The van der Waals surface area contributed by atoms with Crippen LogP contribution in [0.3, 0.4) is 0 Å². The summed E-state index contributed by atoms with van der Waals surface area (Å²) in [6.07, 6.45) is -4.33. The van der Waals surface area contributed by atoms with Crippen LogP contribution >= 0.6 is 0 Å². The number of hydrogen-bond acceptors (Lipinski definition) is 3. The van der Waals surface area contributed by atoms with Gasteiger partial charge in [-0.1, -0.05) is 0 Å². The van der Waals surface area contributed by atoms with E-state index >= 15 is 0 Å². The van der Waals surface area contributed by atoms with Crippen molar-refractivity contribution in [2.75, 3.05) is 0 Å². The minimum atomic E-state index is -4.54. The maximum Gasteiger partial charge on any atom is 0.416 e. The first-order chi connectivity index (χ1) is 7.34. The summed E-state index contributed by atoms with van der Waals surface area (Å²) < 4.78 is 41.4. The molecule has 0 aliphatic heterocycles. The smallest absolute Gasteiger partial charge is 0.416 e. The molecule has 16 heavy (non-hydrogen) atoms. The summed E-state index contributed by atoms with van der Waals surface area (Å²) in [5, 5.41) is 0. The molecular formula is C10H7F3O3. The van der Waals surface area contributed by atoms with Crippen LogP contribution in [-0.2, 0) is 11.0 Å². The second-order valence-corrected chi connectivity index (χ2v) is 2.96. The van der Waals surface area contributed by atoms with Gasteiger partial charge >= 0.3 is 12.1 Å². The second kappa shape index (κ2) is 4.34. The van der Waals surface area contributed by atoms with E-state index in [2.05, 4.69) is 4.74 Å². The predicted molar refractivity (Wildman–Crippen MR) is 48.1 cm³/mol. The zero-order chi connectivity index (χ0) is 12.3. The largest absolute Gasteiger partial charge is 0.426 e. The van der Waals surface area contributed by atoms with Crippen LogP contribution in [0.25, 0.3) is 0 Å². The van der Waals surface area contributed by atoms with Gasteiger partial charge in [-0.15, -0.1) is 0 Å². The number of esters is 1. The van der Waals surface area contributed by atoms with E-state index in [1.165, 1.54) is 0 Å². The molecule has 0 fully saturated rings. The molecule has 0 heterocycles. The molecule has 3 nitrogen and oxygen atoms in total. The van der Waals surface area contributed by atoms with E-state index in [1.807, 2.05) is 0 Å². The number of ether oxygens (including phenoxy) is 1. The molecular weight excluding hydrogens is 225 g/mol. The highest BCUT2D eigenvalue weighted by atomic mass is 19.4. The lowest BCUT2D eigenvalue weighted by Gasteiger charge is -2.09. The Kier molecular flexibility index (Phi) is 3.31. The topological polar surface area (TPSA) is 43.4 Å². The molecule has 0 aliphatic rings. The third kappa shape index (κ3) is 2.82. The molecule has 0 atom stereocenters. The first-order valence-electron chi connectivity index (χ1n) is 4.19. The molecule has 1 aromatic rings. The Bertz CT molecular complexity index is 424. The summed E-state index contributed by atoms with van der Waals surface area (Å²) in [6, 6.07) is 2.31. The zero-order valence-corrected chi connectivity index (χ0v) is 8.17. The molecule has 0 saturated carbocycles. The summed E-state index contributed by atoms with van der Waals surface area (Å²) >= 11 is 0. The van der Waals surface area contributed by atoms with Crippen molar-refractivity contribution < 1.29 is 27.5 Å². The van der Waals surface area contributed by atoms with Crippen molar-refractivity contribution in [3.63, 3.8) is 0 Å². The minimum Gasteiger partial charge on any atom is -0.426 e. The van der Waals surface area contributed by atoms with Gasteiger partial charge in [-0.3, -0.25) is 9.59 Å². The molecule has 0 spiro atoms. The van der Waals surface area contributed by atoms with Crippen molar-refractivity contribution in [2.24, 2.45) is 0 Å². The van der Waals surface area contributed by atoms with Crippen molar-refractivity contribution in [2.45, 2.75) is 13.1 Å². The molecule has 0 radical (unpaired) electrons. The van der Waals surface area contributed by atoms with Gasteiger partial charge in [-0.2, -0.15) is 13.2 Å². The third-order valence-corrected chi connectivity index (χ3v) is 1.72. The van der Waals surface area contributed by atoms with Gasteiger partial charge in [-0.05, 0) is 18.2 Å². The number of alkyl halides is 3. The summed E-state index contributed by atoms with van der Waals surface area (Å²) in [5.41, 5.74) is -1.28. The Balaban J connectivity index is 3.17. The monoisotopic (exact) mass is 232 g/mol. The Hall–Kier alpha value is -1.85. The zero-order valence-electron chi connectivity index (χ0n) is 8.17. The first-order valence-corrected chi connectivity index (χ1v) is 4.19. The van der Waals surface area contributed by atoms with Gasteiger partial charge in [-0.25, -0.2) is 0 Å². The Morgan fingerprint density at radius 1 is 1.38 bits per heavy atom. The third-order valence-electron chi connectivity index (χ3n) is 1.72.